The molecule has 4 amide bonds. The zero-order valence-electron chi connectivity index (χ0n) is 9.56. The van der Waals surface area contributed by atoms with Crippen LogP contribution in [-0.2, 0) is 15.0 Å². The Kier molecular flexibility index (Phi) is 2.46. The van der Waals surface area contributed by atoms with Crippen molar-refractivity contribution in [1.82, 2.24) is 10.2 Å². The molecule has 1 heterocycles. The second-order valence-corrected chi connectivity index (χ2v) is 4.11. The van der Waals surface area contributed by atoms with E-state index in [0.717, 1.165) is 4.90 Å². The molecule has 5 heteroatoms. The monoisotopic (exact) mass is 232 g/mol. The van der Waals surface area contributed by atoms with Crippen molar-refractivity contribution in [2.24, 2.45) is 0 Å². The van der Waals surface area contributed by atoms with Gasteiger partial charge in [-0.3, -0.25) is 19.8 Å². The van der Waals surface area contributed by atoms with Crippen LogP contribution in [0, 0.1) is 0 Å². The largest absolute Gasteiger partial charge is 0.330 e. The molecule has 1 atom stereocenters. The van der Waals surface area contributed by atoms with Crippen molar-refractivity contribution in [2.75, 3.05) is 7.05 Å². The summed E-state index contributed by atoms with van der Waals surface area (Å²) < 4.78 is 0. The molecule has 0 aromatic heterocycles. The predicted molar refractivity (Wildman–Crippen MR) is 60.1 cm³/mol. The molecule has 2 rings (SSSR count). The maximum atomic E-state index is 12.1. The lowest BCUT2D eigenvalue weighted by molar-refractivity contribution is -0.143. The van der Waals surface area contributed by atoms with Gasteiger partial charge in [-0.1, -0.05) is 30.3 Å². The van der Waals surface area contributed by atoms with Crippen molar-refractivity contribution in [2.45, 2.75) is 12.3 Å². The number of likely N-dealkylation sites (N-methyl/N-ethyl adjacent to an activating group) is 1. The highest BCUT2D eigenvalue weighted by Gasteiger charge is 2.50. The van der Waals surface area contributed by atoms with E-state index in [1.54, 1.807) is 30.3 Å². The van der Waals surface area contributed by atoms with Crippen molar-refractivity contribution >= 4 is 17.8 Å². The first-order valence-electron chi connectivity index (χ1n) is 5.17. The Morgan fingerprint density at radius 3 is 2.29 bits per heavy atom. The van der Waals surface area contributed by atoms with E-state index in [0.29, 0.717) is 5.56 Å². The van der Waals surface area contributed by atoms with Crippen LogP contribution < -0.4 is 5.32 Å². The van der Waals surface area contributed by atoms with Crippen molar-refractivity contribution < 1.29 is 14.4 Å². The number of urea groups is 1. The van der Waals surface area contributed by atoms with E-state index >= 15 is 0 Å². The Labute approximate surface area is 98.4 Å². The zero-order valence-corrected chi connectivity index (χ0v) is 9.56. The molecule has 1 aliphatic heterocycles. The molecule has 5 nitrogen and oxygen atoms in total. The number of barbiturate groups is 1. The minimum absolute atomic E-state index is 0.516. The minimum atomic E-state index is -1.34. The summed E-state index contributed by atoms with van der Waals surface area (Å²) in [5, 5.41) is 2.18. The number of imide groups is 2. The van der Waals surface area contributed by atoms with Crippen LogP contribution in [-0.4, -0.2) is 29.8 Å². The van der Waals surface area contributed by atoms with Gasteiger partial charge in [0.05, 0.1) is 0 Å². The quantitative estimate of drug-likeness (QED) is 0.723. The number of carbonyl (C=O) groups excluding carboxylic acids is 3. The highest BCUT2D eigenvalue weighted by atomic mass is 16.2. The third-order valence-electron chi connectivity index (χ3n) is 3.06. The Morgan fingerprint density at radius 1 is 1.12 bits per heavy atom. The summed E-state index contributed by atoms with van der Waals surface area (Å²) in [6.07, 6.45) is 0. The summed E-state index contributed by atoms with van der Waals surface area (Å²) in [7, 11) is 1.35. The first kappa shape index (κ1) is 11.3. The van der Waals surface area contributed by atoms with Crippen LogP contribution in [0.4, 0.5) is 4.79 Å². The molecule has 0 saturated carbocycles. The van der Waals surface area contributed by atoms with Gasteiger partial charge < -0.3 is 0 Å². The van der Waals surface area contributed by atoms with Crippen LogP contribution in [0.5, 0.6) is 0 Å². The number of nitrogens with zero attached hydrogens (tertiary/aromatic N) is 1. The molecule has 0 unspecified atom stereocenters. The number of nitrogens with one attached hydrogen (secondary N) is 1. The summed E-state index contributed by atoms with van der Waals surface area (Å²) >= 11 is 0. The fraction of sp³-hybridized carbons (Fsp3) is 0.250. The number of hydrogen-bond acceptors (Lipinski definition) is 3. The minimum Gasteiger partial charge on any atom is -0.276 e. The smallest absolute Gasteiger partial charge is 0.276 e. The van der Waals surface area contributed by atoms with Crippen LogP contribution in [0.2, 0.25) is 0 Å². The molecule has 1 aromatic rings. The first-order valence-corrected chi connectivity index (χ1v) is 5.17. The molecule has 1 saturated heterocycles. The van der Waals surface area contributed by atoms with Crippen molar-refractivity contribution in [3.63, 3.8) is 0 Å². The molecule has 0 aliphatic carbocycles. The van der Waals surface area contributed by atoms with E-state index in [4.69, 9.17) is 0 Å². The lowest BCUT2D eigenvalue weighted by Crippen LogP contribution is -2.63. The Morgan fingerprint density at radius 2 is 1.71 bits per heavy atom. The number of benzene rings is 1. The van der Waals surface area contributed by atoms with Gasteiger partial charge in [-0.05, 0) is 12.5 Å². The third kappa shape index (κ3) is 1.51. The van der Waals surface area contributed by atoms with Crippen LogP contribution in [0.25, 0.3) is 0 Å². The van der Waals surface area contributed by atoms with Crippen LogP contribution in [0.3, 0.4) is 0 Å². The molecule has 0 spiro atoms. The summed E-state index contributed by atoms with van der Waals surface area (Å²) in [5.74, 6) is -1.10. The van der Waals surface area contributed by atoms with Crippen molar-refractivity contribution in [3.8, 4) is 0 Å². The first-order chi connectivity index (χ1) is 7.98. The molecule has 0 radical (unpaired) electrons. The van der Waals surface area contributed by atoms with Gasteiger partial charge >= 0.3 is 6.03 Å². The highest BCUT2D eigenvalue weighted by Crippen LogP contribution is 2.28. The normalized spacial score (nSPS) is 24.8. The maximum absolute atomic E-state index is 12.1. The Balaban J connectivity index is 2.52. The van der Waals surface area contributed by atoms with E-state index in [-0.39, 0.29) is 0 Å². The van der Waals surface area contributed by atoms with E-state index in [1.807, 2.05) is 0 Å². The highest BCUT2D eigenvalue weighted by molar-refractivity contribution is 6.22. The van der Waals surface area contributed by atoms with Gasteiger partial charge in [0, 0.05) is 7.05 Å². The fourth-order valence-corrected chi connectivity index (χ4v) is 1.86. The molecule has 17 heavy (non-hydrogen) atoms. The standard InChI is InChI=1S/C12H12N2O3/c1-12(8-6-4-3-5-7-8)9(15)13-11(17)14(2)10(12)16/h3-7H,1-2H3,(H,13,15,17)/t12-/m0/s1. The Hall–Kier alpha value is -2.17. The zero-order chi connectivity index (χ0) is 12.6. The summed E-state index contributed by atoms with van der Waals surface area (Å²) in [6.45, 7) is 1.52. The van der Waals surface area contributed by atoms with Gasteiger partial charge in [0.2, 0.25) is 11.8 Å². The molecular weight excluding hydrogens is 220 g/mol. The van der Waals surface area contributed by atoms with Gasteiger partial charge in [-0.2, -0.15) is 0 Å². The van der Waals surface area contributed by atoms with E-state index in [9.17, 15) is 14.4 Å². The fourth-order valence-electron chi connectivity index (χ4n) is 1.86. The summed E-state index contributed by atoms with van der Waals surface area (Å²) in [6, 6.07) is 8.00. The Bertz CT molecular complexity index is 498. The number of rotatable bonds is 1. The second-order valence-electron chi connectivity index (χ2n) is 4.11. The van der Waals surface area contributed by atoms with Gasteiger partial charge in [0.15, 0.2) is 5.41 Å². The van der Waals surface area contributed by atoms with E-state index in [1.165, 1.54) is 14.0 Å². The van der Waals surface area contributed by atoms with E-state index < -0.39 is 23.3 Å². The molecule has 0 bridgehead atoms. The van der Waals surface area contributed by atoms with Crippen molar-refractivity contribution in [1.29, 1.82) is 0 Å². The summed E-state index contributed by atoms with van der Waals surface area (Å²) in [4.78, 5) is 36.2. The van der Waals surface area contributed by atoms with E-state index in [2.05, 4.69) is 5.32 Å². The molecular formula is C12H12N2O3. The average molecular weight is 232 g/mol. The molecule has 1 aliphatic rings. The SMILES string of the molecule is CN1C(=O)NC(=O)[C@](C)(c2ccccc2)C1=O. The topological polar surface area (TPSA) is 66.5 Å². The summed E-state index contributed by atoms with van der Waals surface area (Å²) in [5.41, 5.74) is -0.772. The van der Waals surface area contributed by atoms with Crippen LogP contribution in [0.1, 0.15) is 12.5 Å². The lowest BCUT2D eigenvalue weighted by Gasteiger charge is -2.35. The van der Waals surface area contributed by atoms with Crippen LogP contribution in [0.15, 0.2) is 30.3 Å². The van der Waals surface area contributed by atoms with Crippen molar-refractivity contribution in [3.05, 3.63) is 35.9 Å². The van der Waals surface area contributed by atoms with Crippen LogP contribution >= 0.6 is 0 Å². The predicted octanol–water partition coefficient (Wildman–Crippen LogP) is 0.653. The average Bonchev–Trinajstić information content (AvgIpc) is 2.35. The van der Waals surface area contributed by atoms with Gasteiger partial charge in [-0.15, -0.1) is 0 Å². The molecule has 88 valence electrons. The van der Waals surface area contributed by atoms with Gasteiger partial charge in [0.25, 0.3) is 0 Å². The number of hydrogen-bond donors (Lipinski definition) is 1. The number of amides is 4. The van der Waals surface area contributed by atoms with Gasteiger partial charge in [0.1, 0.15) is 0 Å². The molecule has 1 fully saturated rings. The number of carbonyl (C=O) groups is 3. The molecule has 1 N–H and O–H groups in total. The third-order valence-corrected chi connectivity index (χ3v) is 3.06. The van der Waals surface area contributed by atoms with Gasteiger partial charge in [-0.25, -0.2) is 4.79 Å². The maximum Gasteiger partial charge on any atom is 0.330 e. The molecule has 1 aromatic carbocycles. The second kappa shape index (κ2) is 3.69. The lowest BCUT2D eigenvalue weighted by atomic mass is 9.79.